The molecule has 1 N–H and O–H groups in total. The Labute approximate surface area is 438 Å². The molecule has 0 amide bonds. The van der Waals surface area contributed by atoms with Gasteiger partial charge in [-0.1, -0.05) is 59.7 Å². The summed E-state index contributed by atoms with van der Waals surface area (Å²) in [5.41, 5.74) is -1.37. The van der Waals surface area contributed by atoms with Crippen LogP contribution in [0.25, 0.3) is 27.2 Å². The molecule has 0 spiro atoms. The van der Waals surface area contributed by atoms with Crippen molar-refractivity contribution in [1.82, 2.24) is 9.78 Å². The third-order valence-electron chi connectivity index (χ3n) is 8.39. The van der Waals surface area contributed by atoms with Crippen molar-refractivity contribution in [3.8, 4) is 28.8 Å². The van der Waals surface area contributed by atoms with E-state index >= 15 is 0 Å². The van der Waals surface area contributed by atoms with Crippen LogP contribution in [0.5, 0.6) is 23.1 Å². The average molecular weight is 975 g/mol. The van der Waals surface area contributed by atoms with Crippen molar-refractivity contribution in [2.24, 2.45) is 20.5 Å². The quantitative estimate of drug-likeness (QED) is 0.0478. The van der Waals surface area contributed by atoms with Gasteiger partial charge in [-0.15, -0.1) is 5.11 Å². The SMILES string of the molecule is Cc1nn(-c2ccc(S(=O)(=O)O)cc2)c([O-])c1N=Nc1cc([N+](=O)[O-])ccc1[O-].O=[N+]([O-])c1ccc2c(N=Nc3c([O-])ccc4ccccc34)c([O-])cc(S(=O)(=O)[O-])c2c1.[Cr+3].[Na+].[Na+].[Na+]. The first-order valence-corrected chi connectivity index (χ1v) is 19.3. The second-order valence-corrected chi connectivity index (χ2v) is 15.0. The predicted octanol–water partition coefficient (Wildman–Crippen LogP) is -3.72. The molecule has 64 heavy (non-hydrogen) atoms. The molecular formula is C36H21CrN8Na3O14S2+. The number of rotatable bonds is 9. The zero-order valence-corrected chi connectivity index (χ0v) is 42.3. The molecular weight excluding hydrogens is 954 g/mol. The summed E-state index contributed by atoms with van der Waals surface area (Å²) in [4.78, 5) is 19.2. The number of benzene rings is 6. The van der Waals surface area contributed by atoms with Crippen LogP contribution in [0.4, 0.5) is 34.1 Å². The topological polar surface area (TPSA) is 357 Å². The minimum Gasteiger partial charge on any atom is -0.871 e. The van der Waals surface area contributed by atoms with Crippen molar-refractivity contribution in [1.29, 1.82) is 0 Å². The monoisotopic (exact) mass is 974 g/mol. The van der Waals surface area contributed by atoms with E-state index in [1.165, 1.54) is 25.1 Å². The van der Waals surface area contributed by atoms with Crippen LogP contribution in [-0.4, -0.2) is 45.6 Å². The maximum absolute atomic E-state index is 12.5. The standard InChI is InChI=1S/C20H13N3O7S.C16H13N5O7S.Cr.3Na/c24-16-8-5-11-3-1-2-4-13(11)19(16)21-22-20-14-7-6-12(23(26)27)9-15(14)18(10-17(20)25)31(28,29)30;1-9-15(18-17-13-8-11(21(24)25)4-7-14(13)22)16(23)20(19-9)10-2-5-12(6-3-10)29(26,27)28;;;;/h1-10,24-25H,(H,28,29,30);2-8,22-23H,1H3,(H,26,27,28);;;;/q;;+3;3*+1/p-5. The Bertz CT molecular complexity index is 3200. The molecule has 0 bridgehead atoms. The second kappa shape index (κ2) is 22.7. The fraction of sp³-hybridized carbons (Fsp3) is 0.0278. The van der Waals surface area contributed by atoms with Crippen molar-refractivity contribution >= 4 is 75.9 Å². The smallest absolute Gasteiger partial charge is 0.871 e. The Kier molecular flexibility index (Phi) is 19.7. The van der Waals surface area contributed by atoms with Crippen LogP contribution in [0.2, 0.25) is 0 Å². The summed E-state index contributed by atoms with van der Waals surface area (Å²) in [5.74, 6) is -2.71. The molecule has 1 heterocycles. The van der Waals surface area contributed by atoms with Crippen molar-refractivity contribution < 1.29 is 162 Å². The predicted molar refractivity (Wildman–Crippen MR) is 200 cm³/mol. The summed E-state index contributed by atoms with van der Waals surface area (Å²) in [6.07, 6.45) is 0. The van der Waals surface area contributed by atoms with Gasteiger partial charge in [0, 0.05) is 46.3 Å². The zero-order chi connectivity index (χ0) is 43.7. The van der Waals surface area contributed by atoms with Crippen LogP contribution in [0.15, 0.2) is 133 Å². The molecule has 0 fully saturated rings. The van der Waals surface area contributed by atoms with Gasteiger partial charge in [0.25, 0.3) is 21.5 Å². The average Bonchev–Trinajstić information content (AvgIpc) is 3.48. The third-order valence-corrected chi connectivity index (χ3v) is 10.1. The molecule has 0 saturated carbocycles. The first kappa shape index (κ1) is 55.7. The van der Waals surface area contributed by atoms with E-state index < -0.39 is 63.8 Å². The van der Waals surface area contributed by atoms with Gasteiger partial charge in [0.2, 0.25) is 0 Å². The van der Waals surface area contributed by atoms with Gasteiger partial charge in [-0.2, -0.15) is 28.9 Å². The molecule has 0 aliphatic carbocycles. The van der Waals surface area contributed by atoms with Crippen LogP contribution < -0.4 is 109 Å². The first-order chi connectivity index (χ1) is 28.2. The summed E-state index contributed by atoms with van der Waals surface area (Å²) in [6.45, 7) is 1.46. The minimum atomic E-state index is -5.11. The van der Waals surface area contributed by atoms with Gasteiger partial charge in [-0.05, 0) is 48.7 Å². The number of nitrogens with zero attached hydrogens (tertiary/aromatic N) is 8. The van der Waals surface area contributed by atoms with Crippen LogP contribution in [-0.2, 0) is 37.6 Å². The van der Waals surface area contributed by atoms with Gasteiger partial charge >= 0.3 is 106 Å². The van der Waals surface area contributed by atoms with Crippen LogP contribution in [0.1, 0.15) is 5.69 Å². The summed E-state index contributed by atoms with van der Waals surface area (Å²) in [5, 5.41) is 90.9. The van der Waals surface area contributed by atoms with Crippen molar-refractivity contribution in [2.45, 2.75) is 16.7 Å². The molecule has 0 unspecified atom stereocenters. The van der Waals surface area contributed by atoms with Gasteiger partial charge in [0.1, 0.15) is 15.8 Å². The van der Waals surface area contributed by atoms with E-state index in [2.05, 4.69) is 25.6 Å². The molecule has 309 valence electrons. The maximum atomic E-state index is 12.5. The van der Waals surface area contributed by atoms with Gasteiger partial charge in [-0.3, -0.25) is 24.8 Å². The first-order valence-electron chi connectivity index (χ1n) is 16.4. The number of azo groups is 2. The molecule has 1 aromatic heterocycles. The molecule has 28 heteroatoms. The fourth-order valence-corrected chi connectivity index (χ4v) is 6.72. The Balaban J connectivity index is 0.000000415. The molecule has 0 atom stereocenters. The number of nitro groups is 2. The number of fused-ring (bicyclic) bond motifs is 2. The second-order valence-electron chi connectivity index (χ2n) is 12.2. The van der Waals surface area contributed by atoms with E-state index in [4.69, 9.17) is 4.55 Å². The molecule has 0 aliphatic rings. The Morgan fingerprint density at radius 1 is 0.625 bits per heavy atom. The molecule has 0 saturated heterocycles. The number of non-ortho nitro benzene ring substituents is 2. The zero-order valence-electron chi connectivity index (χ0n) is 33.4. The van der Waals surface area contributed by atoms with Crippen LogP contribution in [0, 0.1) is 27.2 Å². The summed E-state index contributed by atoms with van der Waals surface area (Å²) < 4.78 is 66.9. The molecule has 6 aromatic carbocycles. The third kappa shape index (κ3) is 12.5. The normalized spacial score (nSPS) is 11.2. The number of aryl methyl sites for hydroxylation is 1. The fourth-order valence-electron chi connectivity index (χ4n) is 5.55. The number of hydrogen-bond donors (Lipinski definition) is 1. The molecule has 22 nitrogen and oxygen atoms in total. The Morgan fingerprint density at radius 2 is 1.17 bits per heavy atom. The van der Waals surface area contributed by atoms with Gasteiger partial charge in [0.05, 0.1) is 48.1 Å². The van der Waals surface area contributed by atoms with E-state index in [-0.39, 0.29) is 162 Å². The molecule has 7 aromatic rings. The van der Waals surface area contributed by atoms with Crippen molar-refractivity contribution in [2.75, 3.05) is 0 Å². The van der Waals surface area contributed by atoms with Crippen molar-refractivity contribution in [3.05, 3.63) is 129 Å². The Morgan fingerprint density at radius 3 is 1.77 bits per heavy atom. The molecule has 0 aliphatic heterocycles. The van der Waals surface area contributed by atoms with Gasteiger partial charge < -0.3 is 25.0 Å². The maximum Gasteiger partial charge on any atom is 3.00 e. The summed E-state index contributed by atoms with van der Waals surface area (Å²) in [7, 11) is -9.50. The van der Waals surface area contributed by atoms with E-state index in [0.717, 1.165) is 53.2 Å². The largest absolute Gasteiger partial charge is 3.00 e. The molecule has 7 rings (SSSR count). The van der Waals surface area contributed by atoms with Gasteiger partial charge in [0.15, 0.2) is 0 Å². The van der Waals surface area contributed by atoms with Gasteiger partial charge in [-0.25, -0.2) is 13.1 Å². The van der Waals surface area contributed by atoms with Crippen LogP contribution in [0.3, 0.4) is 0 Å². The summed E-state index contributed by atoms with van der Waals surface area (Å²) in [6, 6.07) is 21.0. The van der Waals surface area contributed by atoms with Crippen molar-refractivity contribution in [3.63, 3.8) is 0 Å². The number of nitro benzene ring substituents is 2. The van der Waals surface area contributed by atoms with E-state index in [1.807, 2.05) is 0 Å². The molecule has 1 radical (unpaired) electrons. The van der Waals surface area contributed by atoms with E-state index in [0.29, 0.717) is 16.8 Å². The van der Waals surface area contributed by atoms with E-state index in [1.54, 1.807) is 30.3 Å². The van der Waals surface area contributed by atoms with Crippen LogP contribution >= 0.6 is 0 Å². The minimum absolute atomic E-state index is 0. The number of aromatic nitrogens is 2. The Hall–Kier alpha value is -4.40. The summed E-state index contributed by atoms with van der Waals surface area (Å²) >= 11 is 0. The number of hydrogen-bond acceptors (Lipinski definition) is 18. The van der Waals surface area contributed by atoms with E-state index in [9.17, 15) is 62.0 Å².